The zero-order chi connectivity index (χ0) is 9.78. The maximum absolute atomic E-state index is 10.7. The summed E-state index contributed by atoms with van der Waals surface area (Å²) in [6.07, 6.45) is 1.17. The van der Waals surface area contributed by atoms with E-state index in [9.17, 15) is 13.2 Å². The number of hydrogen-bond donors (Lipinski definition) is 1. The zero-order valence-corrected chi connectivity index (χ0v) is 8.74. The summed E-state index contributed by atoms with van der Waals surface area (Å²) in [5, 5.41) is -0.313. The number of rotatable bonds is 5. The third kappa shape index (κ3) is 6.48. The highest BCUT2D eigenvalue weighted by atomic mass is 32.2. The second-order valence-corrected chi connectivity index (χ2v) is 6.25. The van der Waals surface area contributed by atoms with Crippen molar-refractivity contribution in [2.45, 2.75) is 12.2 Å². The van der Waals surface area contributed by atoms with Gasteiger partial charge < -0.3 is 5.73 Å². The van der Waals surface area contributed by atoms with Gasteiger partial charge in [-0.3, -0.25) is 4.79 Å². The molecular weight excluding hydrogens is 198 g/mol. The van der Waals surface area contributed by atoms with E-state index in [0.29, 0.717) is 5.75 Å². The highest BCUT2D eigenvalue weighted by molar-refractivity contribution is 8.01. The summed E-state index contributed by atoms with van der Waals surface area (Å²) >= 11 is 1.26. The van der Waals surface area contributed by atoms with Crippen LogP contribution in [-0.2, 0) is 14.6 Å². The van der Waals surface area contributed by atoms with Crippen LogP contribution >= 0.6 is 11.8 Å². The molecule has 1 atom stereocenters. The summed E-state index contributed by atoms with van der Waals surface area (Å²) in [6.45, 7) is 1.66. The van der Waals surface area contributed by atoms with Crippen molar-refractivity contribution < 1.29 is 13.2 Å². The molecule has 0 aromatic heterocycles. The minimum Gasteiger partial charge on any atom is -0.369 e. The average molecular weight is 211 g/mol. The second kappa shape index (κ2) is 4.71. The van der Waals surface area contributed by atoms with E-state index in [1.165, 1.54) is 18.0 Å². The van der Waals surface area contributed by atoms with Crippen LogP contribution in [0.1, 0.15) is 6.92 Å². The number of hydrogen-bond acceptors (Lipinski definition) is 4. The minimum atomic E-state index is -2.92. The fraction of sp³-hybridized carbons (Fsp3) is 0.833. The van der Waals surface area contributed by atoms with Gasteiger partial charge in [-0.1, -0.05) is 0 Å². The number of thioether (sulfide) groups is 1. The minimum absolute atomic E-state index is 0.0925. The van der Waals surface area contributed by atoms with Crippen LogP contribution in [0.15, 0.2) is 0 Å². The van der Waals surface area contributed by atoms with Crippen LogP contribution in [-0.4, -0.2) is 37.3 Å². The van der Waals surface area contributed by atoms with Gasteiger partial charge in [-0.15, -0.1) is 11.8 Å². The smallest absolute Gasteiger partial charge is 0.230 e. The SMILES string of the molecule is CC(SCCS(C)(=O)=O)C(N)=O. The van der Waals surface area contributed by atoms with Crippen molar-refractivity contribution in [3.63, 3.8) is 0 Å². The maximum Gasteiger partial charge on any atom is 0.230 e. The third-order valence-electron chi connectivity index (χ3n) is 1.22. The number of carbonyl (C=O) groups excluding carboxylic acids is 1. The predicted octanol–water partition coefficient (Wildman–Crippen LogP) is -0.362. The van der Waals surface area contributed by atoms with Gasteiger partial charge in [-0.05, 0) is 6.92 Å². The van der Waals surface area contributed by atoms with E-state index in [1.807, 2.05) is 0 Å². The first kappa shape index (κ1) is 11.8. The zero-order valence-electron chi connectivity index (χ0n) is 7.11. The van der Waals surface area contributed by atoms with Gasteiger partial charge in [0.2, 0.25) is 5.91 Å². The summed E-state index contributed by atoms with van der Waals surface area (Å²) < 4.78 is 21.3. The average Bonchev–Trinajstić information content (AvgIpc) is 1.84. The number of primary amides is 1. The van der Waals surface area contributed by atoms with E-state index < -0.39 is 15.7 Å². The molecule has 1 amide bonds. The molecule has 0 saturated heterocycles. The van der Waals surface area contributed by atoms with Gasteiger partial charge in [0, 0.05) is 12.0 Å². The van der Waals surface area contributed by atoms with E-state index in [0.717, 1.165) is 0 Å². The topological polar surface area (TPSA) is 77.2 Å². The molecule has 0 aromatic carbocycles. The lowest BCUT2D eigenvalue weighted by Gasteiger charge is -2.04. The Morgan fingerprint density at radius 3 is 2.42 bits per heavy atom. The number of amides is 1. The van der Waals surface area contributed by atoms with Crippen LogP contribution < -0.4 is 5.73 Å². The Balaban J connectivity index is 3.65. The first-order valence-corrected chi connectivity index (χ1v) is 6.52. The summed E-state index contributed by atoms with van der Waals surface area (Å²) in [5.41, 5.74) is 4.98. The van der Waals surface area contributed by atoms with Crippen LogP contribution in [0.25, 0.3) is 0 Å². The van der Waals surface area contributed by atoms with Crippen LogP contribution in [0.2, 0.25) is 0 Å². The molecule has 1 unspecified atom stereocenters. The molecule has 6 heteroatoms. The molecule has 0 radical (unpaired) electrons. The molecule has 0 heterocycles. The molecule has 0 aromatic rings. The monoisotopic (exact) mass is 211 g/mol. The first-order chi connectivity index (χ1) is 5.33. The van der Waals surface area contributed by atoms with Crippen molar-refractivity contribution in [2.75, 3.05) is 17.8 Å². The maximum atomic E-state index is 10.7. The molecule has 0 aliphatic heterocycles. The van der Waals surface area contributed by atoms with Crippen molar-refractivity contribution in [1.29, 1.82) is 0 Å². The Hall–Kier alpha value is -0.230. The number of sulfone groups is 1. The van der Waals surface area contributed by atoms with Gasteiger partial charge in [0.25, 0.3) is 0 Å². The molecule has 0 aliphatic rings. The molecular formula is C6H13NO3S2. The summed E-state index contributed by atoms with van der Waals surface area (Å²) in [4.78, 5) is 10.5. The third-order valence-corrected chi connectivity index (χ3v) is 3.60. The largest absolute Gasteiger partial charge is 0.369 e. The van der Waals surface area contributed by atoms with E-state index in [2.05, 4.69) is 0 Å². The molecule has 72 valence electrons. The number of nitrogens with two attached hydrogens (primary N) is 1. The van der Waals surface area contributed by atoms with Crippen LogP contribution in [0.3, 0.4) is 0 Å². The quantitative estimate of drug-likeness (QED) is 0.673. The van der Waals surface area contributed by atoms with Crippen LogP contribution in [0, 0.1) is 0 Å². The molecule has 2 N–H and O–H groups in total. The molecule has 0 spiro atoms. The second-order valence-electron chi connectivity index (χ2n) is 2.55. The Bertz CT molecular complexity index is 248. The van der Waals surface area contributed by atoms with Crippen molar-refractivity contribution in [3.05, 3.63) is 0 Å². The molecule has 4 nitrogen and oxygen atoms in total. The normalized spacial score (nSPS) is 14.2. The Labute approximate surface area is 76.8 Å². The lowest BCUT2D eigenvalue weighted by molar-refractivity contribution is -0.117. The summed E-state index contributed by atoms with van der Waals surface area (Å²) in [5.74, 6) is 0.103. The molecule has 0 rings (SSSR count). The van der Waals surface area contributed by atoms with Gasteiger partial charge in [-0.25, -0.2) is 8.42 Å². The Morgan fingerprint density at radius 2 is 2.08 bits per heavy atom. The fourth-order valence-corrected chi connectivity index (χ4v) is 2.57. The lowest BCUT2D eigenvalue weighted by atomic mass is 10.5. The highest BCUT2D eigenvalue weighted by Gasteiger charge is 2.10. The van der Waals surface area contributed by atoms with Gasteiger partial charge in [0.1, 0.15) is 9.84 Å². The van der Waals surface area contributed by atoms with Gasteiger partial charge in [-0.2, -0.15) is 0 Å². The van der Waals surface area contributed by atoms with Crippen molar-refractivity contribution >= 4 is 27.5 Å². The molecule has 0 fully saturated rings. The van der Waals surface area contributed by atoms with E-state index in [4.69, 9.17) is 5.73 Å². The molecule has 0 aliphatic carbocycles. The van der Waals surface area contributed by atoms with Gasteiger partial charge >= 0.3 is 0 Å². The van der Waals surface area contributed by atoms with Gasteiger partial charge in [0.15, 0.2) is 0 Å². The molecule has 12 heavy (non-hydrogen) atoms. The van der Waals surface area contributed by atoms with Crippen LogP contribution in [0.4, 0.5) is 0 Å². The Morgan fingerprint density at radius 1 is 1.58 bits per heavy atom. The lowest BCUT2D eigenvalue weighted by Crippen LogP contribution is -2.23. The predicted molar refractivity (Wildman–Crippen MR) is 50.8 cm³/mol. The first-order valence-electron chi connectivity index (χ1n) is 3.41. The van der Waals surface area contributed by atoms with Crippen molar-refractivity contribution in [2.24, 2.45) is 5.73 Å². The van der Waals surface area contributed by atoms with Crippen LogP contribution in [0.5, 0.6) is 0 Å². The van der Waals surface area contributed by atoms with E-state index >= 15 is 0 Å². The standard InChI is InChI=1S/C6H13NO3S2/c1-5(6(7)8)11-3-4-12(2,9)10/h5H,3-4H2,1-2H3,(H2,7,8). The number of carbonyl (C=O) groups is 1. The van der Waals surface area contributed by atoms with E-state index in [1.54, 1.807) is 6.92 Å². The molecule has 0 saturated carbocycles. The summed E-state index contributed by atoms with van der Waals surface area (Å²) in [7, 11) is -2.92. The summed E-state index contributed by atoms with van der Waals surface area (Å²) in [6, 6.07) is 0. The fourth-order valence-electron chi connectivity index (χ4n) is 0.458. The van der Waals surface area contributed by atoms with E-state index in [-0.39, 0.29) is 11.0 Å². The van der Waals surface area contributed by atoms with Crippen molar-refractivity contribution in [1.82, 2.24) is 0 Å². The molecule has 0 bridgehead atoms. The van der Waals surface area contributed by atoms with Gasteiger partial charge in [0.05, 0.1) is 11.0 Å². The Kier molecular flexibility index (Phi) is 4.62. The highest BCUT2D eigenvalue weighted by Crippen LogP contribution is 2.09. The van der Waals surface area contributed by atoms with Crippen molar-refractivity contribution in [3.8, 4) is 0 Å².